The maximum absolute atomic E-state index is 12.8. The van der Waals surface area contributed by atoms with Crippen LogP contribution in [0.3, 0.4) is 0 Å². The minimum absolute atomic E-state index is 0.151. The van der Waals surface area contributed by atoms with E-state index in [1.165, 1.54) is 12.1 Å². The molecule has 0 atom stereocenters. The highest BCUT2D eigenvalue weighted by Crippen LogP contribution is 2.32. The number of imidazole rings is 1. The van der Waals surface area contributed by atoms with Crippen LogP contribution < -0.4 is 10.6 Å². The van der Waals surface area contributed by atoms with Crippen LogP contribution in [0.5, 0.6) is 5.75 Å². The molecule has 0 saturated carbocycles. The number of amides is 1. The topological polar surface area (TPSA) is 94.5 Å². The number of nitrogens with one attached hydrogen (secondary N) is 3. The molecular weight excluding hydrogens is 342 g/mol. The molecule has 3 rings (SSSR count). The molecule has 27 heavy (non-hydrogen) atoms. The second kappa shape index (κ2) is 6.33. The van der Waals surface area contributed by atoms with Gasteiger partial charge in [0.25, 0.3) is 5.91 Å². The van der Waals surface area contributed by atoms with Gasteiger partial charge in [-0.3, -0.25) is 4.79 Å². The number of rotatable bonds is 3. The number of carbonyl (C=O) groups excluding carboxylic acids is 1. The van der Waals surface area contributed by atoms with Crippen LogP contribution >= 0.6 is 0 Å². The van der Waals surface area contributed by atoms with Crippen LogP contribution in [0.15, 0.2) is 30.5 Å². The molecule has 2 heterocycles. The first-order valence-corrected chi connectivity index (χ1v) is 8.94. The third kappa shape index (κ3) is 3.92. The lowest BCUT2D eigenvalue weighted by molar-refractivity contribution is 0.102. The van der Waals surface area contributed by atoms with Gasteiger partial charge in [0.1, 0.15) is 22.8 Å². The van der Waals surface area contributed by atoms with Crippen LogP contribution in [0.4, 0.5) is 11.5 Å². The Morgan fingerprint density at radius 2 is 1.74 bits per heavy atom. The normalized spacial score (nSPS) is 12.4. The second-order valence-corrected chi connectivity index (χ2v) is 8.79. The van der Waals surface area contributed by atoms with Crippen LogP contribution in [-0.4, -0.2) is 31.2 Å². The van der Waals surface area contributed by atoms with Crippen LogP contribution in [0.25, 0.3) is 5.65 Å². The van der Waals surface area contributed by atoms with Crippen LogP contribution in [0.1, 0.15) is 57.6 Å². The summed E-state index contributed by atoms with van der Waals surface area (Å²) in [4.78, 5) is 16.2. The Kier molecular flexibility index (Phi) is 4.41. The Morgan fingerprint density at radius 1 is 1.11 bits per heavy atom. The number of phenols is 1. The smallest absolute Gasteiger partial charge is 0.261 e. The number of nitrogens with zero attached hydrogens (tertiary/aromatic N) is 2. The molecule has 0 fully saturated rings. The lowest BCUT2D eigenvalue weighted by Crippen LogP contribution is -2.29. The predicted octanol–water partition coefficient (Wildman–Crippen LogP) is 4.13. The van der Waals surface area contributed by atoms with Crippen molar-refractivity contribution in [1.82, 2.24) is 14.6 Å². The Balaban J connectivity index is 2.02. The lowest BCUT2D eigenvalue weighted by atomic mass is 9.91. The van der Waals surface area contributed by atoms with Crippen LogP contribution in [0.2, 0.25) is 0 Å². The predicted molar refractivity (Wildman–Crippen MR) is 108 cm³/mol. The zero-order valence-corrected chi connectivity index (χ0v) is 16.6. The molecule has 0 aliphatic rings. The Bertz CT molecular complexity index is 969. The number of aromatic nitrogens is 3. The first-order chi connectivity index (χ1) is 12.5. The average Bonchev–Trinajstić information content (AvgIpc) is 3.08. The number of anilines is 2. The van der Waals surface area contributed by atoms with Gasteiger partial charge in [0.05, 0.1) is 11.9 Å². The van der Waals surface area contributed by atoms with E-state index in [0.717, 1.165) is 11.5 Å². The maximum atomic E-state index is 12.8. The summed E-state index contributed by atoms with van der Waals surface area (Å²) in [6.45, 7) is 12.6. The minimum atomic E-state index is -0.264. The average molecular weight is 369 g/mol. The molecule has 1 aromatic carbocycles. The lowest BCUT2D eigenvalue weighted by Gasteiger charge is -2.25. The fraction of sp³-hybridized carbons (Fsp3) is 0.400. The van der Waals surface area contributed by atoms with Gasteiger partial charge in [0.2, 0.25) is 0 Å². The van der Waals surface area contributed by atoms with Gasteiger partial charge in [0, 0.05) is 16.6 Å². The highest BCUT2D eigenvalue weighted by molar-refractivity contribution is 6.08. The number of carbonyl (C=O) groups is 1. The Hall–Kier alpha value is -2.96. The van der Waals surface area contributed by atoms with Crippen molar-refractivity contribution in [3.8, 4) is 5.75 Å². The van der Waals surface area contributed by atoms with Crippen LogP contribution in [0, 0.1) is 0 Å². The fourth-order valence-corrected chi connectivity index (χ4v) is 2.84. The first kappa shape index (κ1) is 18.8. The maximum Gasteiger partial charge on any atom is 0.261 e. The van der Waals surface area contributed by atoms with E-state index in [4.69, 9.17) is 0 Å². The molecule has 0 unspecified atom stereocenters. The number of benzene rings is 1. The molecule has 7 nitrogen and oxygen atoms in total. The fourth-order valence-electron chi connectivity index (χ4n) is 2.84. The molecule has 0 bridgehead atoms. The Morgan fingerprint density at radius 3 is 2.30 bits per heavy atom. The highest BCUT2D eigenvalue weighted by Gasteiger charge is 2.28. The van der Waals surface area contributed by atoms with Gasteiger partial charge in [-0.2, -0.15) is 9.61 Å². The molecular formula is C20H27N5O2. The molecule has 0 saturated heterocycles. The summed E-state index contributed by atoms with van der Waals surface area (Å²) in [6.07, 6.45) is 1.56. The van der Waals surface area contributed by atoms with Crippen molar-refractivity contribution < 1.29 is 9.90 Å². The molecule has 0 aliphatic heterocycles. The minimum Gasteiger partial charge on any atom is -0.508 e. The van der Waals surface area contributed by atoms with E-state index in [9.17, 15) is 9.90 Å². The van der Waals surface area contributed by atoms with E-state index < -0.39 is 0 Å². The number of aromatic amines is 1. The summed E-state index contributed by atoms with van der Waals surface area (Å²) in [7, 11) is 0. The summed E-state index contributed by atoms with van der Waals surface area (Å²) >= 11 is 0. The Labute approximate surface area is 158 Å². The molecule has 0 spiro atoms. The molecule has 3 aromatic rings. The summed E-state index contributed by atoms with van der Waals surface area (Å²) < 4.78 is 1.75. The third-order valence-electron chi connectivity index (χ3n) is 4.07. The zero-order chi connectivity index (χ0) is 20.0. The summed E-state index contributed by atoms with van der Waals surface area (Å²) in [5.41, 5.74) is 2.37. The van der Waals surface area contributed by atoms with Gasteiger partial charge in [-0.05, 0) is 45.0 Å². The SMILES string of the molecule is CC(C)(C)Nc1c(C(C)(C)C)[nH]c2c(C(=O)Nc3ccc(O)cc3)cnn12. The van der Waals surface area contributed by atoms with E-state index in [1.807, 2.05) is 0 Å². The number of aromatic hydroxyl groups is 1. The number of H-pyrrole nitrogens is 1. The van der Waals surface area contributed by atoms with Gasteiger partial charge in [0.15, 0.2) is 0 Å². The van der Waals surface area contributed by atoms with E-state index >= 15 is 0 Å². The van der Waals surface area contributed by atoms with Crippen molar-refractivity contribution in [2.45, 2.75) is 52.5 Å². The standard InChI is InChI=1S/C20H27N5O2/c1-19(2,3)15-17(24-20(4,5)6)25-16(23-15)14(11-21-25)18(27)22-12-7-9-13(26)10-8-12/h7-11,23-24,26H,1-6H3,(H,22,27). The van der Waals surface area contributed by atoms with Gasteiger partial charge < -0.3 is 20.7 Å². The molecule has 0 radical (unpaired) electrons. The van der Waals surface area contributed by atoms with Crippen molar-refractivity contribution in [3.05, 3.63) is 41.7 Å². The number of hydrogen-bond donors (Lipinski definition) is 4. The van der Waals surface area contributed by atoms with Gasteiger partial charge in [-0.1, -0.05) is 20.8 Å². The number of fused-ring (bicyclic) bond motifs is 1. The zero-order valence-electron chi connectivity index (χ0n) is 16.6. The van der Waals surface area contributed by atoms with Gasteiger partial charge in [-0.25, -0.2) is 0 Å². The first-order valence-electron chi connectivity index (χ1n) is 8.94. The molecule has 4 N–H and O–H groups in total. The largest absolute Gasteiger partial charge is 0.508 e. The quantitative estimate of drug-likeness (QED) is 0.522. The van der Waals surface area contributed by atoms with Crippen LogP contribution in [-0.2, 0) is 5.41 Å². The van der Waals surface area contributed by atoms with Crippen molar-refractivity contribution >= 4 is 23.1 Å². The van der Waals surface area contributed by atoms with E-state index in [2.05, 4.69) is 62.3 Å². The molecule has 2 aromatic heterocycles. The molecule has 7 heteroatoms. The summed E-state index contributed by atoms with van der Waals surface area (Å²) in [5, 5.41) is 20.1. The number of hydrogen-bond acceptors (Lipinski definition) is 4. The molecule has 144 valence electrons. The summed E-state index contributed by atoms with van der Waals surface area (Å²) in [6, 6.07) is 6.35. The van der Waals surface area contributed by atoms with Crippen molar-refractivity contribution in [2.75, 3.05) is 10.6 Å². The monoisotopic (exact) mass is 369 g/mol. The van der Waals surface area contributed by atoms with E-state index in [0.29, 0.717) is 16.9 Å². The van der Waals surface area contributed by atoms with Gasteiger partial charge in [-0.15, -0.1) is 0 Å². The van der Waals surface area contributed by atoms with Crippen molar-refractivity contribution in [3.63, 3.8) is 0 Å². The second-order valence-electron chi connectivity index (χ2n) is 8.79. The van der Waals surface area contributed by atoms with Crippen molar-refractivity contribution in [2.24, 2.45) is 0 Å². The van der Waals surface area contributed by atoms with E-state index in [-0.39, 0.29) is 22.6 Å². The van der Waals surface area contributed by atoms with E-state index in [1.54, 1.807) is 22.8 Å². The number of phenolic OH excluding ortho intramolecular Hbond substituents is 1. The third-order valence-corrected chi connectivity index (χ3v) is 4.07. The molecule has 1 amide bonds. The summed E-state index contributed by atoms with van der Waals surface area (Å²) in [5.74, 6) is 0.742. The highest BCUT2D eigenvalue weighted by atomic mass is 16.3. The molecule has 0 aliphatic carbocycles. The van der Waals surface area contributed by atoms with Gasteiger partial charge >= 0.3 is 0 Å². The van der Waals surface area contributed by atoms with Crippen molar-refractivity contribution in [1.29, 1.82) is 0 Å².